The van der Waals surface area contributed by atoms with Crippen LogP contribution in [0.2, 0.25) is 5.02 Å². The van der Waals surface area contributed by atoms with E-state index >= 15 is 0 Å². The van der Waals surface area contributed by atoms with Gasteiger partial charge in [0.1, 0.15) is 5.75 Å². The highest BCUT2D eigenvalue weighted by molar-refractivity contribution is 6.32. The second-order valence-electron chi connectivity index (χ2n) is 7.12. The van der Waals surface area contributed by atoms with Crippen molar-refractivity contribution in [1.82, 2.24) is 10.3 Å². The minimum atomic E-state index is -0.407. The maximum absolute atomic E-state index is 12.1. The third-order valence-corrected chi connectivity index (χ3v) is 4.83. The maximum atomic E-state index is 12.1. The molecule has 3 aromatic carbocycles. The minimum Gasteiger partial charge on any atom is -0.506 e. The van der Waals surface area contributed by atoms with Gasteiger partial charge >= 0.3 is 0 Å². The average molecular weight is 434 g/mol. The highest BCUT2D eigenvalue weighted by Crippen LogP contribution is 2.23. The van der Waals surface area contributed by atoms with Gasteiger partial charge in [0.05, 0.1) is 11.2 Å². The van der Waals surface area contributed by atoms with Crippen LogP contribution in [-0.2, 0) is 6.54 Å². The van der Waals surface area contributed by atoms with Gasteiger partial charge in [0.25, 0.3) is 5.91 Å². The van der Waals surface area contributed by atoms with Crippen LogP contribution in [0, 0.1) is 0 Å². The van der Waals surface area contributed by atoms with Crippen LogP contribution in [-0.4, -0.2) is 35.7 Å². The molecule has 2 N–H and O–H groups in total. The first kappa shape index (κ1) is 22.3. The molecular formula is C25H24ClN3O2. The lowest BCUT2D eigenvalue weighted by atomic mass is 10.1. The van der Waals surface area contributed by atoms with Crippen LogP contribution in [0.25, 0.3) is 6.08 Å². The number of hydrogen-bond acceptors (Lipinski definition) is 4. The van der Waals surface area contributed by atoms with Gasteiger partial charge in [-0.05, 0) is 48.0 Å². The van der Waals surface area contributed by atoms with Crippen molar-refractivity contribution in [3.05, 3.63) is 106 Å². The quantitative estimate of drug-likeness (QED) is 0.390. The third kappa shape index (κ3) is 7.10. The normalized spacial score (nSPS) is 11.5. The van der Waals surface area contributed by atoms with Gasteiger partial charge in [-0.1, -0.05) is 72.3 Å². The minimum absolute atomic E-state index is 0.0714. The van der Waals surface area contributed by atoms with E-state index in [9.17, 15) is 9.90 Å². The number of hydrogen-bond donors (Lipinski definition) is 2. The lowest BCUT2D eigenvalue weighted by Gasteiger charge is -2.14. The van der Waals surface area contributed by atoms with E-state index in [2.05, 4.69) is 46.8 Å². The van der Waals surface area contributed by atoms with E-state index in [1.807, 2.05) is 42.5 Å². The molecule has 0 saturated heterocycles. The van der Waals surface area contributed by atoms with Gasteiger partial charge in [0.2, 0.25) is 0 Å². The number of likely N-dealkylation sites (N-methyl/N-ethyl adjacent to an activating group) is 1. The number of phenolic OH excluding ortho intramolecular Hbond substituents is 1. The van der Waals surface area contributed by atoms with E-state index in [1.165, 1.54) is 23.8 Å². The molecule has 6 heteroatoms. The molecule has 0 aliphatic rings. The lowest BCUT2D eigenvalue weighted by Crippen LogP contribution is -2.17. The number of phenols is 1. The predicted molar refractivity (Wildman–Crippen MR) is 126 cm³/mol. The molecule has 0 spiro atoms. The zero-order valence-electron chi connectivity index (χ0n) is 17.2. The Morgan fingerprint density at radius 2 is 1.84 bits per heavy atom. The molecule has 0 heterocycles. The number of benzene rings is 3. The molecule has 0 aliphatic heterocycles. The van der Waals surface area contributed by atoms with Crippen molar-refractivity contribution in [2.24, 2.45) is 5.10 Å². The summed E-state index contributed by atoms with van der Waals surface area (Å²) in [4.78, 5) is 14.4. The molecule has 0 radical (unpaired) electrons. The van der Waals surface area contributed by atoms with E-state index in [1.54, 1.807) is 6.21 Å². The Labute approximate surface area is 187 Å². The van der Waals surface area contributed by atoms with Crippen molar-refractivity contribution < 1.29 is 9.90 Å². The molecule has 0 fully saturated rings. The van der Waals surface area contributed by atoms with Gasteiger partial charge in [0, 0.05) is 18.7 Å². The van der Waals surface area contributed by atoms with E-state index in [0.29, 0.717) is 5.56 Å². The second-order valence-corrected chi connectivity index (χ2v) is 7.53. The Bertz CT molecular complexity index is 1080. The number of nitrogens with zero attached hydrogens (tertiary/aromatic N) is 2. The zero-order chi connectivity index (χ0) is 22.1. The summed E-state index contributed by atoms with van der Waals surface area (Å²) in [5, 5.41) is 13.6. The third-order valence-electron chi connectivity index (χ3n) is 4.52. The number of halogens is 1. The molecule has 0 aromatic heterocycles. The van der Waals surface area contributed by atoms with Crippen LogP contribution in [0.5, 0.6) is 5.75 Å². The monoisotopic (exact) mass is 433 g/mol. The van der Waals surface area contributed by atoms with E-state index < -0.39 is 5.91 Å². The molecule has 3 aromatic rings. The van der Waals surface area contributed by atoms with Crippen molar-refractivity contribution in [2.75, 3.05) is 13.6 Å². The van der Waals surface area contributed by atoms with E-state index in [4.69, 9.17) is 11.6 Å². The summed E-state index contributed by atoms with van der Waals surface area (Å²) < 4.78 is 0. The molecule has 0 bridgehead atoms. The zero-order valence-corrected chi connectivity index (χ0v) is 18.0. The topological polar surface area (TPSA) is 64.9 Å². The van der Waals surface area contributed by atoms with Crippen LogP contribution in [0.3, 0.4) is 0 Å². The number of rotatable bonds is 8. The fourth-order valence-electron chi connectivity index (χ4n) is 2.95. The average Bonchev–Trinajstić information content (AvgIpc) is 2.76. The Kier molecular flexibility index (Phi) is 7.98. The van der Waals surface area contributed by atoms with Crippen LogP contribution in [0.15, 0.2) is 84.0 Å². The van der Waals surface area contributed by atoms with Crippen LogP contribution in [0.1, 0.15) is 27.0 Å². The summed E-state index contributed by atoms with van der Waals surface area (Å²) in [7, 11) is 2.09. The Balaban J connectivity index is 1.52. The van der Waals surface area contributed by atoms with Gasteiger partial charge in [-0.15, -0.1) is 0 Å². The van der Waals surface area contributed by atoms with E-state index in [-0.39, 0.29) is 10.8 Å². The van der Waals surface area contributed by atoms with Crippen molar-refractivity contribution in [1.29, 1.82) is 0 Å². The first-order valence-electron chi connectivity index (χ1n) is 9.82. The molecule has 3 rings (SSSR count). The van der Waals surface area contributed by atoms with E-state index in [0.717, 1.165) is 24.2 Å². The molecule has 158 valence electrons. The Morgan fingerprint density at radius 1 is 1.06 bits per heavy atom. The number of nitrogens with one attached hydrogen (secondary N) is 1. The van der Waals surface area contributed by atoms with Gasteiger partial charge in [-0.2, -0.15) is 5.10 Å². The fourth-order valence-corrected chi connectivity index (χ4v) is 3.13. The molecule has 0 aliphatic carbocycles. The molecule has 0 atom stereocenters. The van der Waals surface area contributed by atoms with Crippen molar-refractivity contribution in [3.8, 4) is 5.75 Å². The molecule has 0 unspecified atom stereocenters. The lowest BCUT2D eigenvalue weighted by molar-refractivity contribution is 0.0955. The highest BCUT2D eigenvalue weighted by atomic mass is 35.5. The standard InChI is InChI=1S/C25H24ClN3O2/c1-29(18-20-7-3-2-4-8-20)14-6-11-19-9-5-10-21(15-19)17-27-28-25(31)22-12-13-24(30)23(26)16-22/h2-13,15-17,30H,14,18H2,1H3,(H,28,31). The van der Waals surface area contributed by atoms with Gasteiger partial charge < -0.3 is 5.11 Å². The van der Waals surface area contributed by atoms with Crippen molar-refractivity contribution in [3.63, 3.8) is 0 Å². The number of aromatic hydroxyl groups is 1. The number of carbonyl (C=O) groups is 1. The number of hydrazone groups is 1. The molecule has 31 heavy (non-hydrogen) atoms. The SMILES string of the molecule is CN(CC=Cc1cccc(C=NNC(=O)c2ccc(O)c(Cl)c2)c1)Cc1ccccc1. The first-order chi connectivity index (χ1) is 15.0. The second kappa shape index (κ2) is 11.1. The highest BCUT2D eigenvalue weighted by Gasteiger charge is 2.07. The summed E-state index contributed by atoms with van der Waals surface area (Å²) in [6, 6.07) is 22.5. The van der Waals surface area contributed by atoms with Gasteiger partial charge in [0.15, 0.2) is 0 Å². The van der Waals surface area contributed by atoms with Crippen LogP contribution in [0.4, 0.5) is 0 Å². The summed E-state index contributed by atoms with van der Waals surface area (Å²) >= 11 is 5.83. The molecule has 0 saturated carbocycles. The van der Waals surface area contributed by atoms with Crippen LogP contribution < -0.4 is 5.43 Å². The van der Waals surface area contributed by atoms with Crippen LogP contribution >= 0.6 is 11.6 Å². The van der Waals surface area contributed by atoms with Gasteiger partial charge in [-0.3, -0.25) is 9.69 Å². The molecule has 1 amide bonds. The fraction of sp³-hybridized carbons (Fsp3) is 0.120. The molecular weight excluding hydrogens is 410 g/mol. The first-order valence-corrected chi connectivity index (χ1v) is 10.2. The van der Waals surface area contributed by atoms with Crippen molar-refractivity contribution in [2.45, 2.75) is 6.54 Å². The Morgan fingerprint density at radius 3 is 2.61 bits per heavy atom. The Hall–Kier alpha value is -3.41. The summed E-state index contributed by atoms with van der Waals surface area (Å²) in [6.07, 6.45) is 5.77. The summed E-state index contributed by atoms with van der Waals surface area (Å²) in [5.74, 6) is -0.478. The van der Waals surface area contributed by atoms with Gasteiger partial charge in [-0.25, -0.2) is 5.43 Å². The summed E-state index contributed by atoms with van der Waals surface area (Å²) in [6.45, 7) is 1.72. The number of amides is 1. The maximum Gasteiger partial charge on any atom is 0.271 e. The van der Waals surface area contributed by atoms with Crippen molar-refractivity contribution >= 4 is 29.8 Å². The predicted octanol–water partition coefficient (Wildman–Crippen LogP) is 4.95. The largest absolute Gasteiger partial charge is 0.506 e. The smallest absolute Gasteiger partial charge is 0.271 e. The molecule has 5 nitrogen and oxygen atoms in total. The number of carbonyl (C=O) groups excluding carboxylic acids is 1. The summed E-state index contributed by atoms with van der Waals surface area (Å²) in [5.41, 5.74) is 5.98.